The van der Waals surface area contributed by atoms with Crippen LogP contribution in [-0.2, 0) is 4.79 Å². The third-order valence-electron chi connectivity index (χ3n) is 4.09. The first-order valence-electron chi connectivity index (χ1n) is 7.32. The summed E-state index contributed by atoms with van der Waals surface area (Å²) in [6.07, 6.45) is 5.27. The summed E-state index contributed by atoms with van der Waals surface area (Å²) in [4.78, 5) is 12.5. The molecule has 0 spiro atoms. The van der Waals surface area contributed by atoms with E-state index in [2.05, 4.69) is 27.3 Å². The van der Waals surface area contributed by atoms with E-state index in [9.17, 15) is 4.79 Å². The van der Waals surface area contributed by atoms with Crippen LogP contribution in [0, 0.1) is 19.8 Å². The van der Waals surface area contributed by atoms with Crippen molar-refractivity contribution in [3.63, 3.8) is 0 Å². The molecule has 1 aromatic rings. The highest BCUT2D eigenvalue weighted by Crippen LogP contribution is 2.30. The van der Waals surface area contributed by atoms with Gasteiger partial charge in [0.2, 0.25) is 5.91 Å². The lowest BCUT2D eigenvalue weighted by Crippen LogP contribution is -2.38. The number of rotatable bonds is 2. The number of benzene rings is 1. The standard InChI is InChI=1S/C16H23BrN2O/c1-10-8-11(2)15(13(17)9-10)19-16(20)12-6-4-3-5-7-14(12)18/h8-9,12,14H,3-7,18H2,1-2H3,(H,19,20). The van der Waals surface area contributed by atoms with Gasteiger partial charge in [-0.1, -0.05) is 25.3 Å². The Morgan fingerprint density at radius 3 is 2.65 bits per heavy atom. The summed E-state index contributed by atoms with van der Waals surface area (Å²) in [5.74, 6) is -0.00263. The van der Waals surface area contributed by atoms with Gasteiger partial charge in [0.1, 0.15) is 0 Å². The average Bonchev–Trinajstić information content (AvgIpc) is 2.58. The normalized spacial score (nSPS) is 23.2. The van der Waals surface area contributed by atoms with Gasteiger partial charge in [-0.25, -0.2) is 0 Å². The molecular formula is C16H23BrN2O. The van der Waals surface area contributed by atoms with Crippen LogP contribution in [0.25, 0.3) is 0 Å². The van der Waals surface area contributed by atoms with Crippen LogP contribution in [0.1, 0.15) is 43.2 Å². The van der Waals surface area contributed by atoms with Crippen molar-refractivity contribution in [2.75, 3.05) is 5.32 Å². The summed E-state index contributed by atoms with van der Waals surface area (Å²) in [5.41, 5.74) is 9.29. The van der Waals surface area contributed by atoms with E-state index in [-0.39, 0.29) is 17.9 Å². The average molecular weight is 339 g/mol. The van der Waals surface area contributed by atoms with Crippen LogP contribution in [0.2, 0.25) is 0 Å². The molecule has 0 bridgehead atoms. The minimum Gasteiger partial charge on any atom is -0.327 e. The molecule has 2 unspecified atom stereocenters. The van der Waals surface area contributed by atoms with E-state index in [4.69, 9.17) is 5.73 Å². The molecule has 1 saturated carbocycles. The van der Waals surface area contributed by atoms with Crippen molar-refractivity contribution >= 4 is 27.5 Å². The van der Waals surface area contributed by atoms with Crippen molar-refractivity contribution in [3.8, 4) is 0 Å². The van der Waals surface area contributed by atoms with Crippen LogP contribution in [0.5, 0.6) is 0 Å². The maximum absolute atomic E-state index is 12.5. The molecule has 2 atom stereocenters. The zero-order chi connectivity index (χ0) is 14.7. The quantitative estimate of drug-likeness (QED) is 0.803. The zero-order valence-corrected chi connectivity index (χ0v) is 13.8. The molecule has 20 heavy (non-hydrogen) atoms. The predicted octanol–water partition coefficient (Wildman–Crippen LogP) is 3.91. The number of carbonyl (C=O) groups is 1. The van der Waals surface area contributed by atoms with Gasteiger partial charge in [0.05, 0.1) is 11.6 Å². The van der Waals surface area contributed by atoms with Gasteiger partial charge in [-0.2, -0.15) is 0 Å². The van der Waals surface area contributed by atoms with E-state index in [0.29, 0.717) is 0 Å². The van der Waals surface area contributed by atoms with Crippen molar-refractivity contribution < 1.29 is 4.79 Å². The Labute approximate surface area is 129 Å². The molecule has 3 nitrogen and oxygen atoms in total. The van der Waals surface area contributed by atoms with Crippen molar-refractivity contribution in [1.29, 1.82) is 0 Å². The molecule has 3 N–H and O–H groups in total. The number of nitrogens with one attached hydrogen (secondary N) is 1. The van der Waals surface area contributed by atoms with Gasteiger partial charge in [0.25, 0.3) is 0 Å². The van der Waals surface area contributed by atoms with Crippen LogP contribution in [0.15, 0.2) is 16.6 Å². The van der Waals surface area contributed by atoms with Gasteiger partial charge < -0.3 is 11.1 Å². The van der Waals surface area contributed by atoms with Crippen molar-refractivity contribution in [2.24, 2.45) is 11.7 Å². The van der Waals surface area contributed by atoms with Gasteiger partial charge in [-0.05, 0) is 59.8 Å². The van der Waals surface area contributed by atoms with Gasteiger partial charge >= 0.3 is 0 Å². The SMILES string of the molecule is Cc1cc(C)c(NC(=O)C2CCCCCC2N)c(Br)c1. The lowest BCUT2D eigenvalue weighted by molar-refractivity contribution is -0.120. The molecule has 0 aromatic heterocycles. The maximum atomic E-state index is 12.5. The number of hydrogen-bond donors (Lipinski definition) is 2. The smallest absolute Gasteiger partial charge is 0.229 e. The van der Waals surface area contributed by atoms with E-state index in [0.717, 1.165) is 41.4 Å². The Morgan fingerprint density at radius 1 is 1.25 bits per heavy atom. The molecule has 1 amide bonds. The number of halogens is 1. The minimum absolute atomic E-state index is 0.0120. The first-order chi connectivity index (χ1) is 9.49. The molecule has 1 aliphatic carbocycles. The van der Waals surface area contributed by atoms with E-state index < -0.39 is 0 Å². The topological polar surface area (TPSA) is 55.1 Å². The summed E-state index contributed by atoms with van der Waals surface area (Å²) in [6, 6.07) is 4.09. The highest BCUT2D eigenvalue weighted by Gasteiger charge is 2.27. The molecule has 110 valence electrons. The number of carbonyl (C=O) groups excluding carboxylic acids is 1. The summed E-state index contributed by atoms with van der Waals surface area (Å²) in [6.45, 7) is 4.06. The molecule has 1 fully saturated rings. The first kappa shape index (κ1) is 15.5. The number of anilines is 1. The van der Waals surface area contributed by atoms with Crippen molar-refractivity contribution in [1.82, 2.24) is 0 Å². The van der Waals surface area contributed by atoms with Crippen LogP contribution in [-0.4, -0.2) is 11.9 Å². The summed E-state index contributed by atoms with van der Waals surface area (Å²) in [5, 5.41) is 3.07. The Bertz CT molecular complexity index is 478. The highest BCUT2D eigenvalue weighted by atomic mass is 79.9. The second-order valence-electron chi connectivity index (χ2n) is 5.84. The fourth-order valence-corrected chi connectivity index (χ4v) is 3.72. The summed E-state index contributed by atoms with van der Waals surface area (Å²) in [7, 11) is 0. The molecule has 0 saturated heterocycles. The minimum atomic E-state index is -0.0647. The van der Waals surface area contributed by atoms with E-state index in [1.54, 1.807) is 0 Å². The second kappa shape index (κ2) is 6.72. The number of aryl methyl sites for hydroxylation is 2. The van der Waals surface area contributed by atoms with Gasteiger partial charge in [0, 0.05) is 10.5 Å². The Hall–Kier alpha value is -0.870. The van der Waals surface area contributed by atoms with E-state index in [1.165, 1.54) is 12.0 Å². The van der Waals surface area contributed by atoms with E-state index in [1.807, 2.05) is 19.9 Å². The van der Waals surface area contributed by atoms with Crippen LogP contribution in [0.3, 0.4) is 0 Å². The Balaban J connectivity index is 2.15. The zero-order valence-electron chi connectivity index (χ0n) is 12.2. The largest absolute Gasteiger partial charge is 0.327 e. The number of amides is 1. The van der Waals surface area contributed by atoms with Crippen LogP contribution in [0.4, 0.5) is 5.69 Å². The van der Waals surface area contributed by atoms with Crippen molar-refractivity contribution in [2.45, 2.75) is 52.0 Å². The third kappa shape index (κ3) is 3.61. The molecule has 4 heteroatoms. The number of nitrogens with two attached hydrogens (primary N) is 1. The lowest BCUT2D eigenvalue weighted by Gasteiger charge is -2.21. The number of hydrogen-bond acceptors (Lipinski definition) is 2. The Morgan fingerprint density at radius 2 is 1.95 bits per heavy atom. The molecular weight excluding hydrogens is 316 g/mol. The van der Waals surface area contributed by atoms with Gasteiger partial charge in [-0.15, -0.1) is 0 Å². The van der Waals surface area contributed by atoms with E-state index >= 15 is 0 Å². The molecule has 1 aromatic carbocycles. The molecule has 2 rings (SSSR count). The highest BCUT2D eigenvalue weighted by molar-refractivity contribution is 9.10. The Kier molecular flexibility index (Phi) is 5.22. The van der Waals surface area contributed by atoms with Crippen LogP contribution < -0.4 is 11.1 Å². The van der Waals surface area contributed by atoms with Gasteiger partial charge in [-0.3, -0.25) is 4.79 Å². The summed E-state index contributed by atoms with van der Waals surface area (Å²) < 4.78 is 0.936. The molecule has 0 heterocycles. The van der Waals surface area contributed by atoms with Crippen molar-refractivity contribution in [3.05, 3.63) is 27.7 Å². The van der Waals surface area contributed by atoms with Crippen LogP contribution >= 0.6 is 15.9 Å². The lowest BCUT2D eigenvalue weighted by atomic mass is 9.94. The van der Waals surface area contributed by atoms with Gasteiger partial charge in [0.15, 0.2) is 0 Å². The molecule has 1 aliphatic rings. The first-order valence-corrected chi connectivity index (χ1v) is 8.11. The fraction of sp³-hybridized carbons (Fsp3) is 0.562. The monoisotopic (exact) mass is 338 g/mol. The fourth-order valence-electron chi connectivity index (χ4n) is 2.95. The second-order valence-corrected chi connectivity index (χ2v) is 6.69. The maximum Gasteiger partial charge on any atom is 0.229 e. The predicted molar refractivity (Wildman–Crippen MR) is 86.8 cm³/mol. The molecule has 0 aliphatic heterocycles. The summed E-state index contributed by atoms with van der Waals surface area (Å²) >= 11 is 3.54. The molecule has 0 radical (unpaired) electrons. The third-order valence-corrected chi connectivity index (χ3v) is 4.71.